The Morgan fingerprint density at radius 2 is 1.72 bits per heavy atom. The number of hydrogen-bond donors (Lipinski definition) is 2. The zero-order valence-corrected chi connectivity index (χ0v) is 18.4. The summed E-state index contributed by atoms with van der Waals surface area (Å²) in [6.07, 6.45) is 10.1. The number of nitrogens with zero attached hydrogens (tertiary/aromatic N) is 5. The van der Waals surface area contributed by atoms with Crippen LogP contribution in [0.4, 0.5) is 5.82 Å². The molecule has 7 nitrogen and oxygen atoms in total. The third-order valence-electron chi connectivity index (χ3n) is 5.92. The summed E-state index contributed by atoms with van der Waals surface area (Å²) in [5.41, 5.74) is 6.88. The molecule has 1 saturated heterocycles. The maximum absolute atomic E-state index is 4.71. The average molecular weight is 426 g/mol. The normalized spacial score (nSPS) is 14.4. The molecule has 0 saturated carbocycles. The molecule has 0 aliphatic carbocycles. The van der Waals surface area contributed by atoms with Gasteiger partial charge in [-0.1, -0.05) is 6.07 Å². The predicted octanol–water partition coefficient (Wildman–Crippen LogP) is 4.34. The van der Waals surface area contributed by atoms with E-state index in [0.29, 0.717) is 6.04 Å². The monoisotopic (exact) mass is 425 g/mol. The van der Waals surface area contributed by atoms with Crippen LogP contribution in [0, 0.1) is 6.92 Å². The summed E-state index contributed by atoms with van der Waals surface area (Å²) in [7, 11) is 1.88. The molecule has 2 N–H and O–H groups in total. The summed E-state index contributed by atoms with van der Waals surface area (Å²) in [5, 5.41) is 11.2. The highest BCUT2D eigenvalue weighted by molar-refractivity contribution is 5.75. The van der Waals surface area contributed by atoms with E-state index >= 15 is 0 Å². The molecule has 0 bridgehead atoms. The molecule has 0 aromatic carbocycles. The number of rotatable bonds is 5. The van der Waals surface area contributed by atoms with Crippen molar-refractivity contribution in [2.45, 2.75) is 25.8 Å². The van der Waals surface area contributed by atoms with Gasteiger partial charge < -0.3 is 10.6 Å². The van der Waals surface area contributed by atoms with Gasteiger partial charge in [0.2, 0.25) is 0 Å². The van der Waals surface area contributed by atoms with Crippen LogP contribution in [0.2, 0.25) is 0 Å². The van der Waals surface area contributed by atoms with Crippen molar-refractivity contribution in [3.63, 3.8) is 0 Å². The molecule has 1 fully saturated rings. The lowest BCUT2D eigenvalue weighted by Gasteiger charge is -2.22. The molecule has 0 atom stereocenters. The minimum Gasteiger partial charge on any atom is -0.373 e. The fraction of sp³-hybridized carbons (Fsp3) is 0.280. The SMILES string of the molecule is CNc1cc(-c2cncc(-c3cnn(C4CCNCC4)c3)c2)cc(-c2cccc(C)n2)n1. The molecule has 0 amide bonds. The molecule has 32 heavy (non-hydrogen) atoms. The number of piperidine rings is 1. The number of aryl methyl sites for hydroxylation is 1. The fourth-order valence-electron chi connectivity index (χ4n) is 4.16. The van der Waals surface area contributed by atoms with Gasteiger partial charge in [-0.3, -0.25) is 14.6 Å². The van der Waals surface area contributed by atoms with Gasteiger partial charge in [0, 0.05) is 48.0 Å². The first-order chi connectivity index (χ1) is 15.7. The molecule has 162 valence electrons. The van der Waals surface area contributed by atoms with E-state index in [4.69, 9.17) is 4.98 Å². The predicted molar refractivity (Wildman–Crippen MR) is 127 cm³/mol. The van der Waals surface area contributed by atoms with E-state index in [2.05, 4.69) is 48.7 Å². The summed E-state index contributed by atoms with van der Waals surface area (Å²) in [5.74, 6) is 0.796. The smallest absolute Gasteiger partial charge is 0.127 e. The Bertz CT molecular complexity index is 1220. The lowest BCUT2D eigenvalue weighted by molar-refractivity contribution is 0.343. The molecule has 1 aliphatic rings. The van der Waals surface area contributed by atoms with Gasteiger partial charge in [-0.2, -0.15) is 5.10 Å². The van der Waals surface area contributed by atoms with E-state index in [0.717, 1.165) is 71.1 Å². The Morgan fingerprint density at radius 1 is 0.906 bits per heavy atom. The van der Waals surface area contributed by atoms with Crippen molar-refractivity contribution < 1.29 is 0 Å². The third kappa shape index (κ3) is 4.24. The van der Waals surface area contributed by atoms with Crippen LogP contribution in [0.1, 0.15) is 24.6 Å². The van der Waals surface area contributed by atoms with E-state index in [1.165, 1.54) is 0 Å². The topological polar surface area (TPSA) is 80.5 Å². The van der Waals surface area contributed by atoms with E-state index in [1.807, 2.05) is 56.8 Å². The van der Waals surface area contributed by atoms with Crippen molar-refractivity contribution in [3.8, 4) is 33.6 Å². The van der Waals surface area contributed by atoms with E-state index < -0.39 is 0 Å². The van der Waals surface area contributed by atoms with Gasteiger partial charge in [0.15, 0.2) is 0 Å². The first-order valence-corrected chi connectivity index (χ1v) is 11.0. The van der Waals surface area contributed by atoms with Crippen LogP contribution in [-0.4, -0.2) is 44.9 Å². The van der Waals surface area contributed by atoms with Gasteiger partial charge in [0.25, 0.3) is 0 Å². The number of nitrogens with one attached hydrogen (secondary N) is 2. The van der Waals surface area contributed by atoms with Crippen LogP contribution in [0.25, 0.3) is 33.6 Å². The maximum atomic E-state index is 4.71. The number of hydrogen-bond acceptors (Lipinski definition) is 6. The van der Waals surface area contributed by atoms with Crippen LogP contribution in [-0.2, 0) is 0 Å². The molecule has 5 heterocycles. The van der Waals surface area contributed by atoms with Crippen LogP contribution in [0.5, 0.6) is 0 Å². The molecule has 4 aromatic rings. The first-order valence-electron chi connectivity index (χ1n) is 11.0. The average Bonchev–Trinajstić information content (AvgIpc) is 3.35. The Kier molecular flexibility index (Phi) is 5.64. The molecule has 0 spiro atoms. The molecular formula is C25H27N7. The van der Waals surface area contributed by atoms with Crippen LogP contribution in [0.3, 0.4) is 0 Å². The zero-order valence-electron chi connectivity index (χ0n) is 18.4. The Labute approximate surface area is 188 Å². The van der Waals surface area contributed by atoms with Crippen molar-refractivity contribution in [1.29, 1.82) is 0 Å². The summed E-state index contributed by atoms with van der Waals surface area (Å²) in [6.45, 7) is 4.08. The molecule has 7 heteroatoms. The lowest BCUT2D eigenvalue weighted by atomic mass is 10.0. The van der Waals surface area contributed by atoms with Crippen molar-refractivity contribution >= 4 is 5.82 Å². The molecular weight excluding hydrogens is 398 g/mol. The van der Waals surface area contributed by atoms with Gasteiger partial charge in [-0.15, -0.1) is 0 Å². The Morgan fingerprint density at radius 3 is 2.50 bits per heavy atom. The molecule has 1 aliphatic heterocycles. The Hall–Kier alpha value is -3.58. The van der Waals surface area contributed by atoms with E-state index in [1.54, 1.807) is 0 Å². The van der Waals surface area contributed by atoms with Gasteiger partial charge >= 0.3 is 0 Å². The molecule has 5 rings (SSSR count). The van der Waals surface area contributed by atoms with Crippen LogP contribution < -0.4 is 10.6 Å². The number of anilines is 1. The highest BCUT2D eigenvalue weighted by Gasteiger charge is 2.16. The maximum Gasteiger partial charge on any atom is 0.127 e. The second-order valence-corrected chi connectivity index (χ2v) is 8.19. The van der Waals surface area contributed by atoms with Gasteiger partial charge in [0.1, 0.15) is 5.82 Å². The van der Waals surface area contributed by atoms with E-state index in [-0.39, 0.29) is 0 Å². The van der Waals surface area contributed by atoms with Crippen molar-refractivity contribution in [2.24, 2.45) is 0 Å². The highest BCUT2D eigenvalue weighted by atomic mass is 15.3. The summed E-state index contributed by atoms with van der Waals surface area (Å²) >= 11 is 0. The summed E-state index contributed by atoms with van der Waals surface area (Å²) in [4.78, 5) is 13.9. The van der Waals surface area contributed by atoms with Gasteiger partial charge in [0.05, 0.1) is 23.6 Å². The lowest BCUT2D eigenvalue weighted by Crippen LogP contribution is -2.29. The summed E-state index contributed by atoms with van der Waals surface area (Å²) < 4.78 is 2.11. The minimum atomic E-state index is 0.462. The second-order valence-electron chi connectivity index (χ2n) is 8.19. The highest BCUT2D eigenvalue weighted by Crippen LogP contribution is 2.30. The van der Waals surface area contributed by atoms with Crippen molar-refractivity contribution in [2.75, 3.05) is 25.5 Å². The fourth-order valence-corrected chi connectivity index (χ4v) is 4.16. The largest absolute Gasteiger partial charge is 0.373 e. The van der Waals surface area contributed by atoms with Crippen molar-refractivity contribution in [1.82, 2.24) is 30.0 Å². The standard InChI is InChI=1S/C25H27N7/c1-17-4-3-5-23(30-17)24-11-18(12-25(26-2)31-24)19-10-20(14-28-13-19)21-15-29-32(16-21)22-6-8-27-9-7-22/h3-5,10-16,22,27H,6-9H2,1-2H3,(H,26,31). The second kappa shape index (κ2) is 8.88. The zero-order chi connectivity index (χ0) is 21.9. The third-order valence-corrected chi connectivity index (χ3v) is 5.92. The van der Waals surface area contributed by atoms with Gasteiger partial charge in [-0.25, -0.2) is 4.98 Å². The first kappa shape index (κ1) is 20.3. The minimum absolute atomic E-state index is 0.462. The summed E-state index contributed by atoms with van der Waals surface area (Å²) in [6, 6.07) is 12.7. The van der Waals surface area contributed by atoms with E-state index in [9.17, 15) is 0 Å². The quantitative estimate of drug-likeness (QED) is 0.495. The molecule has 0 unspecified atom stereocenters. The molecule has 0 radical (unpaired) electrons. The Balaban J connectivity index is 1.49. The number of pyridine rings is 3. The van der Waals surface area contributed by atoms with Crippen molar-refractivity contribution in [3.05, 3.63) is 66.9 Å². The van der Waals surface area contributed by atoms with Gasteiger partial charge in [-0.05, 0) is 68.8 Å². The van der Waals surface area contributed by atoms with Crippen LogP contribution >= 0.6 is 0 Å². The van der Waals surface area contributed by atoms with Crippen LogP contribution in [0.15, 0.2) is 61.2 Å². The molecule has 4 aromatic heterocycles. The number of aromatic nitrogens is 5.